The topological polar surface area (TPSA) is 104 Å². The number of hydrogen-bond acceptors (Lipinski definition) is 7. The van der Waals surface area contributed by atoms with Crippen molar-refractivity contribution in [3.05, 3.63) is 76.9 Å². The fourth-order valence-corrected chi connectivity index (χ4v) is 4.42. The summed E-state index contributed by atoms with van der Waals surface area (Å²) in [5.74, 6) is -1.02. The number of carbonyl (C=O) groups is 3. The van der Waals surface area contributed by atoms with E-state index < -0.39 is 30.2 Å². The van der Waals surface area contributed by atoms with Crippen LogP contribution in [0.3, 0.4) is 0 Å². The molecule has 9 nitrogen and oxygen atoms in total. The highest BCUT2D eigenvalue weighted by Gasteiger charge is 2.36. The predicted octanol–water partition coefficient (Wildman–Crippen LogP) is 4.87. The molecule has 0 bridgehead atoms. The van der Waals surface area contributed by atoms with Crippen LogP contribution in [0.4, 0.5) is 4.39 Å². The first kappa shape index (κ1) is 26.3. The van der Waals surface area contributed by atoms with Gasteiger partial charge >= 0.3 is 5.97 Å². The number of fused-ring (bicyclic) bond motifs is 1. The average molecular weight is 533 g/mol. The van der Waals surface area contributed by atoms with Crippen molar-refractivity contribution in [1.29, 1.82) is 0 Å². The van der Waals surface area contributed by atoms with Crippen LogP contribution in [0.25, 0.3) is 11.4 Å². The SMILES string of the molecule is CCOC(=O)/C(F)=C(\COc1ccc(-c2nc(C3CC3)n(C(C)C)n2)cc1)CN1C(=O)c2ccccc2C1=O. The van der Waals surface area contributed by atoms with Gasteiger partial charge in [0, 0.05) is 23.1 Å². The Bertz CT molecular complexity index is 1400. The first-order chi connectivity index (χ1) is 18.8. The number of halogens is 1. The van der Waals surface area contributed by atoms with E-state index in [1.165, 1.54) is 12.1 Å². The highest BCUT2D eigenvalue weighted by molar-refractivity contribution is 6.21. The zero-order chi connectivity index (χ0) is 27.7. The normalized spacial score (nSPS) is 15.5. The van der Waals surface area contributed by atoms with Crippen LogP contribution in [0.15, 0.2) is 59.9 Å². The highest BCUT2D eigenvalue weighted by Crippen LogP contribution is 2.40. The molecule has 1 aliphatic heterocycles. The van der Waals surface area contributed by atoms with E-state index in [9.17, 15) is 14.4 Å². The molecule has 0 saturated heterocycles. The van der Waals surface area contributed by atoms with Crippen LogP contribution in [0.2, 0.25) is 0 Å². The van der Waals surface area contributed by atoms with Gasteiger partial charge in [0.1, 0.15) is 18.2 Å². The van der Waals surface area contributed by atoms with Crippen molar-refractivity contribution in [2.24, 2.45) is 0 Å². The number of hydrogen-bond donors (Lipinski definition) is 0. The molecule has 2 aliphatic rings. The third-order valence-corrected chi connectivity index (χ3v) is 6.61. The quantitative estimate of drug-likeness (QED) is 0.209. The second-order valence-corrected chi connectivity index (χ2v) is 9.80. The molecule has 1 saturated carbocycles. The predicted molar refractivity (Wildman–Crippen MR) is 140 cm³/mol. The van der Waals surface area contributed by atoms with Crippen LogP contribution < -0.4 is 4.74 Å². The molecule has 2 aromatic carbocycles. The average Bonchev–Trinajstić information content (AvgIpc) is 3.64. The summed E-state index contributed by atoms with van der Waals surface area (Å²) in [5, 5.41) is 4.68. The molecule has 0 radical (unpaired) electrons. The summed E-state index contributed by atoms with van der Waals surface area (Å²) in [6.45, 7) is 4.85. The molecule has 0 unspecified atom stereocenters. The van der Waals surface area contributed by atoms with Crippen LogP contribution in [-0.2, 0) is 9.53 Å². The molecule has 5 rings (SSSR count). The molecule has 3 aromatic rings. The number of imide groups is 1. The number of amides is 2. The van der Waals surface area contributed by atoms with Crippen LogP contribution in [-0.4, -0.2) is 57.2 Å². The van der Waals surface area contributed by atoms with Gasteiger partial charge in [-0.15, -0.1) is 0 Å². The van der Waals surface area contributed by atoms with Crippen molar-refractivity contribution >= 4 is 17.8 Å². The number of carbonyl (C=O) groups excluding carboxylic acids is 3. The van der Waals surface area contributed by atoms with Gasteiger partial charge in [0.15, 0.2) is 5.82 Å². The lowest BCUT2D eigenvalue weighted by molar-refractivity contribution is -0.140. The first-order valence-corrected chi connectivity index (χ1v) is 13.0. The molecular formula is C29H29FN4O5. The number of aromatic nitrogens is 3. The number of ether oxygens (including phenoxy) is 2. The number of benzene rings is 2. The Morgan fingerprint density at radius 3 is 2.26 bits per heavy atom. The number of rotatable bonds is 10. The second-order valence-electron chi connectivity index (χ2n) is 9.80. The minimum atomic E-state index is -1.19. The van der Waals surface area contributed by atoms with Crippen molar-refractivity contribution in [2.45, 2.75) is 45.6 Å². The second kappa shape index (κ2) is 10.8. The summed E-state index contributed by atoms with van der Waals surface area (Å²) in [6.07, 6.45) is 2.24. The maximum atomic E-state index is 15.1. The van der Waals surface area contributed by atoms with Gasteiger partial charge in [-0.3, -0.25) is 14.5 Å². The standard InChI is InChI=1S/C29H29FN4O5/c1-4-38-29(37)24(30)20(15-33-27(35)22-7-5-6-8-23(22)28(33)36)16-39-21-13-11-18(12-14-21)25-31-26(19-9-10-19)34(32-25)17(2)3/h5-8,11-14,17,19H,4,9-10,15-16H2,1-3H3/b24-20+. The molecule has 2 heterocycles. The third kappa shape index (κ3) is 5.32. The monoisotopic (exact) mass is 532 g/mol. The summed E-state index contributed by atoms with van der Waals surface area (Å²) < 4.78 is 27.6. The molecular weight excluding hydrogens is 503 g/mol. The summed E-state index contributed by atoms with van der Waals surface area (Å²) in [4.78, 5) is 43.4. The minimum Gasteiger partial charge on any atom is -0.489 e. The number of esters is 1. The smallest absolute Gasteiger partial charge is 0.367 e. The van der Waals surface area contributed by atoms with E-state index in [0.29, 0.717) is 17.5 Å². The Labute approximate surface area is 225 Å². The van der Waals surface area contributed by atoms with Gasteiger partial charge in [-0.25, -0.2) is 14.5 Å². The van der Waals surface area contributed by atoms with E-state index in [2.05, 4.69) is 18.9 Å². The largest absolute Gasteiger partial charge is 0.489 e. The molecule has 1 aromatic heterocycles. The Morgan fingerprint density at radius 2 is 1.69 bits per heavy atom. The Balaban J connectivity index is 1.33. The minimum absolute atomic E-state index is 0.0298. The zero-order valence-corrected chi connectivity index (χ0v) is 22.0. The van der Waals surface area contributed by atoms with E-state index in [-0.39, 0.29) is 36.0 Å². The Hall–Kier alpha value is -4.34. The summed E-state index contributed by atoms with van der Waals surface area (Å²) >= 11 is 0. The summed E-state index contributed by atoms with van der Waals surface area (Å²) in [5.41, 5.74) is 1.09. The molecule has 2 amide bonds. The number of nitrogens with zero attached hydrogens (tertiary/aromatic N) is 4. The van der Waals surface area contributed by atoms with Gasteiger partial charge in [0.2, 0.25) is 5.83 Å². The molecule has 0 atom stereocenters. The third-order valence-electron chi connectivity index (χ3n) is 6.61. The fourth-order valence-electron chi connectivity index (χ4n) is 4.42. The van der Waals surface area contributed by atoms with Crippen LogP contribution >= 0.6 is 0 Å². The maximum Gasteiger partial charge on any atom is 0.367 e. The molecule has 0 spiro atoms. The van der Waals surface area contributed by atoms with E-state index in [1.54, 1.807) is 43.3 Å². The molecule has 0 N–H and O–H groups in total. The van der Waals surface area contributed by atoms with Crippen molar-refractivity contribution in [2.75, 3.05) is 19.8 Å². The summed E-state index contributed by atoms with van der Waals surface area (Å²) in [6, 6.07) is 13.6. The van der Waals surface area contributed by atoms with Gasteiger partial charge in [-0.1, -0.05) is 12.1 Å². The van der Waals surface area contributed by atoms with Gasteiger partial charge < -0.3 is 9.47 Å². The Morgan fingerprint density at radius 1 is 1.05 bits per heavy atom. The van der Waals surface area contributed by atoms with Crippen LogP contribution in [0.1, 0.15) is 72.1 Å². The van der Waals surface area contributed by atoms with Gasteiger partial charge in [0.25, 0.3) is 11.8 Å². The van der Waals surface area contributed by atoms with Crippen LogP contribution in [0.5, 0.6) is 5.75 Å². The van der Waals surface area contributed by atoms with Crippen LogP contribution in [0, 0.1) is 0 Å². The van der Waals surface area contributed by atoms with Crippen molar-refractivity contribution in [3.63, 3.8) is 0 Å². The molecule has 202 valence electrons. The molecule has 39 heavy (non-hydrogen) atoms. The van der Waals surface area contributed by atoms with Crippen molar-refractivity contribution in [3.8, 4) is 17.1 Å². The summed E-state index contributed by atoms with van der Waals surface area (Å²) in [7, 11) is 0. The van der Waals surface area contributed by atoms with Crippen molar-refractivity contribution in [1.82, 2.24) is 19.7 Å². The van der Waals surface area contributed by atoms with Gasteiger partial charge in [0.05, 0.1) is 24.3 Å². The fraction of sp³-hybridized carbons (Fsp3) is 0.345. The lowest BCUT2D eigenvalue weighted by atomic mass is 10.1. The van der Waals surface area contributed by atoms with Gasteiger partial charge in [-0.05, 0) is 70.0 Å². The molecule has 1 aliphatic carbocycles. The molecule has 10 heteroatoms. The van der Waals surface area contributed by atoms with E-state index >= 15 is 4.39 Å². The van der Waals surface area contributed by atoms with Gasteiger partial charge in [-0.2, -0.15) is 9.49 Å². The molecule has 1 fully saturated rings. The van der Waals surface area contributed by atoms with E-state index in [4.69, 9.17) is 14.5 Å². The van der Waals surface area contributed by atoms with E-state index in [1.807, 2.05) is 4.68 Å². The zero-order valence-electron chi connectivity index (χ0n) is 22.0. The van der Waals surface area contributed by atoms with E-state index in [0.717, 1.165) is 29.1 Å². The highest BCUT2D eigenvalue weighted by atomic mass is 19.1. The lowest BCUT2D eigenvalue weighted by Gasteiger charge is -2.18. The van der Waals surface area contributed by atoms with Crippen molar-refractivity contribution < 1.29 is 28.2 Å². The first-order valence-electron chi connectivity index (χ1n) is 13.0. The lowest BCUT2D eigenvalue weighted by Crippen LogP contribution is -2.33. The maximum absolute atomic E-state index is 15.1. The Kier molecular flexibility index (Phi) is 7.28.